The highest BCUT2D eigenvalue weighted by atomic mass is 35.5. The number of nitrogens with one attached hydrogen (secondary N) is 1. The molecule has 3 aromatic rings. The average Bonchev–Trinajstić information content (AvgIpc) is 2.50. The molecule has 0 aliphatic carbocycles. The molecule has 0 aliphatic heterocycles. The number of hydrogen-bond donors (Lipinski definition) is 2. The minimum absolute atomic E-state index is 0.0112. The van der Waals surface area contributed by atoms with Crippen LogP contribution in [0.5, 0.6) is 5.75 Å². The van der Waals surface area contributed by atoms with Crippen molar-refractivity contribution in [3.05, 3.63) is 65.4 Å². The number of phenols is 1. The second-order valence-electron chi connectivity index (χ2n) is 4.48. The SMILES string of the molecule is O=C(Nc1ccccc1O)c1cnc(Cl)c2ccccc12. The van der Waals surface area contributed by atoms with Gasteiger partial charge in [-0.3, -0.25) is 4.79 Å². The first-order valence-corrected chi connectivity index (χ1v) is 6.67. The maximum atomic E-state index is 12.4. The van der Waals surface area contributed by atoms with Crippen LogP contribution in [0.15, 0.2) is 54.7 Å². The summed E-state index contributed by atoms with van der Waals surface area (Å²) in [6.45, 7) is 0. The highest BCUT2D eigenvalue weighted by Crippen LogP contribution is 2.26. The van der Waals surface area contributed by atoms with Gasteiger partial charge >= 0.3 is 0 Å². The van der Waals surface area contributed by atoms with E-state index in [9.17, 15) is 9.90 Å². The molecular formula is C16H11ClN2O2. The predicted molar refractivity (Wildman–Crippen MR) is 82.8 cm³/mol. The highest BCUT2D eigenvalue weighted by Gasteiger charge is 2.14. The lowest BCUT2D eigenvalue weighted by molar-refractivity contribution is 0.102. The Labute approximate surface area is 126 Å². The van der Waals surface area contributed by atoms with Gasteiger partial charge in [0.1, 0.15) is 10.9 Å². The fraction of sp³-hybridized carbons (Fsp3) is 0. The molecule has 0 atom stereocenters. The van der Waals surface area contributed by atoms with E-state index in [-0.39, 0.29) is 11.7 Å². The van der Waals surface area contributed by atoms with Crippen LogP contribution < -0.4 is 5.32 Å². The van der Waals surface area contributed by atoms with Crippen LogP contribution in [0.4, 0.5) is 5.69 Å². The zero-order chi connectivity index (χ0) is 14.8. The van der Waals surface area contributed by atoms with Gasteiger partial charge in [0.2, 0.25) is 0 Å². The first kappa shape index (κ1) is 13.4. The molecule has 0 aliphatic rings. The van der Waals surface area contributed by atoms with Gasteiger partial charge in [-0.1, -0.05) is 48.0 Å². The third-order valence-corrected chi connectivity index (χ3v) is 3.44. The fourth-order valence-corrected chi connectivity index (χ4v) is 2.32. The average molecular weight is 299 g/mol. The second kappa shape index (κ2) is 5.42. The molecule has 3 rings (SSSR count). The fourth-order valence-electron chi connectivity index (χ4n) is 2.11. The van der Waals surface area contributed by atoms with Crippen molar-refractivity contribution in [2.45, 2.75) is 0 Å². The molecule has 21 heavy (non-hydrogen) atoms. The molecule has 0 saturated heterocycles. The predicted octanol–water partition coefficient (Wildman–Crippen LogP) is 3.85. The molecule has 1 aromatic heterocycles. The topological polar surface area (TPSA) is 62.2 Å². The molecule has 4 nitrogen and oxygen atoms in total. The number of para-hydroxylation sites is 2. The number of amides is 1. The van der Waals surface area contributed by atoms with E-state index < -0.39 is 0 Å². The van der Waals surface area contributed by atoms with E-state index in [2.05, 4.69) is 10.3 Å². The molecule has 0 fully saturated rings. The lowest BCUT2D eigenvalue weighted by Crippen LogP contribution is -2.13. The zero-order valence-electron chi connectivity index (χ0n) is 10.9. The van der Waals surface area contributed by atoms with E-state index >= 15 is 0 Å². The minimum atomic E-state index is -0.350. The Hall–Kier alpha value is -2.59. The summed E-state index contributed by atoms with van der Waals surface area (Å²) in [7, 11) is 0. The van der Waals surface area contributed by atoms with Gasteiger partial charge in [-0.05, 0) is 17.5 Å². The van der Waals surface area contributed by atoms with Gasteiger partial charge in [0.15, 0.2) is 0 Å². The van der Waals surface area contributed by atoms with Crippen molar-refractivity contribution in [1.29, 1.82) is 0 Å². The van der Waals surface area contributed by atoms with Crippen molar-refractivity contribution in [2.75, 3.05) is 5.32 Å². The third-order valence-electron chi connectivity index (χ3n) is 3.14. The first-order valence-electron chi connectivity index (χ1n) is 6.29. The minimum Gasteiger partial charge on any atom is -0.506 e. The number of nitrogens with zero attached hydrogens (tertiary/aromatic N) is 1. The zero-order valence-corrected chi connectivity index (χ0v) is 11.6. The summed E-state index contributed by atoms with van der Waals surface area (Å²) in [6.07, 6.45) is 1.43. The van der Waals surface area contributed by atoms with Crippen molar-refractivity contribution in [2.24, 2.45) is 0 Å². The summed E-state index contributed by atoms with van der Waals surface area (Å²) in [6, 6.07) is 13.8. The van der Waals surface area contributed by atoms with Gasteiger partial charge in [0.05, 0.1) is 11.3 Å². The lowest BCUT2D eigenvalue weighted by atomic mass is 10.1. The molecule has 0 bridgehead atoms. The van der Waals surface area contributed by atoms with Gasteiger partial charge in [-0.2, -0.15) is 0 Å². The van der Waals surface area contributed by atoms with Crippen molar-refractivity contribution >= 4 is 34.0 Å². The molecule has 0 unspecified atom stereocenters. The number of fused-ring (bicyclic) bond motifs is 1. The van der Waals surface area contributed by atoms with Gasteiger partial charge in [0.25, 0.3) is 5.91 Å². The summed E-state index contributed by atoms with van der Waals surface area (Å²) in [4.78, 5) is 16.4. The Morgan fingerprint density at radius 1 is 1.05 bits per heavy atom. The van der Waals surface area contributed by atoms with Crippen LogP contribution in [0.1, 0.15) is 10.4 Å². The summed E-state index contributed by atoms with van der Waals surface area (Å²) >= 11 is 6.04. The number of anilines is 1. The van der Waals surface area contributed by atoms with Crippen LogP contribution in [0, 0.1) is 0 Å². The number of aromatic hydroxyl groups is 1. The highest BCUT2D eigenvalue weighted by molar-refractivity contribution is 6.35. The van der Waals surface area contributed by atoms with Crippen molar-refractivity contribution < 1.29 is 9.90 Å². The second-order valence-corrected chi connectivity index (χ2v) is 4.84. The van der Waals surface area contributed by atoms with Crippen LogP contribution in [0.3, 0.4) is 0 Å². The number of rotatable bonds is 2. The molecule has 0 radical (unpaired) electrons. The third kappa shape index (κ3) is 2.53. The number of pyridine rings is 1. The van der Waals surface area contributed by atoms with Gasteiger partial charge in [-0.15, -0.1) is 0 Å². The number of carbonyl (C=O) groups is 1. The van der Waals surface area contributed by atoms with Crippen LogP contribution in [0.25, 0.3) is 10.8 Å². The molecule has 0 saturated carbocycles. The largest absolute Gasteiger partial charge is 0.506 e. The molecule has 1 amide bonds. The summed E-state index contributed by atoms with van der Waals surface area (Å²) in [5, 5.41) is 14.2. The Morgan fingerprint density at radius 2 is 1.71 bits per heavy atom. The van der Waals surface area contributed by atoms with E-state index in [0.29, 0.717) is 27.2 Å². The molecule has 0 spiro atoms. The number of aromatic nitrogens is 1. The van der Waals surface area contributed by atoms with E-state index in [0.717, 1.165) is 0 Å². The van der Waals surface area contributed by atoms with Crippen molar-refractivity contribution in [3.63, 3.8) is 0 Å². The lowest BCUT2D eigenvalue weighted by Gasteiger charge is -2.09. The van der Waals surface area contributed by atoms with Gasteiger partial charge in [-0.25, -0.2) is 4.98 Å². The molecule has 1 heterocycles. The molecule has 2 N–H and O–H groups in total. The first-order chi connectivity index (χ1) is 10.2. The molecular weight excluding hydrogens is 288 g/mol. The molecule has 2 aromatic carbocycles. The van der Waals surface area contributed by atoms with E-state index in [1.54, 1.807) is 24.3 Å². The van der Waals surface area contributed by atoms with E-state index in [4.69, 9.17) is 11.6 Å². The summed E-state index contributed by atoms with van der Waals surface area (Å²) in [5.41, 5.74) is 0.750. The van der Waals surface area contributed by atoms with Crippen molar-refractivity contribution in [3.8, 4) is 5.75 Å². The monoisotopic (exact) mass is 298 g/mol. The number of halogens is 1. The molecule has 5 heteroatoms. The van der Waals surface area contributed by atoms with Crippen LogP contribution in [-0.4, -0.2) is 16.0 Å². The van der Waals surface area contributed by atoms with Crippen molar-refractivity contribution in [1.82, 2.24) is 4.98 Å². The van der Waals surface area contributed by atoms with Gasteiger partial charge in [0, 0.05) is 11.6 Å². The maximum absolute atomic E-state index is 12.4. The van der Waals surface area contributed by atoms with Crippen LogP contribution in [-0.2, 0) is 0 Å². The quantitative estimate of drug-likeness (QED) is 0.558. The number of hydrogen-bond acceptors (Lipinski definition) is 3. The van der Waals surface area contributed by atoms with Crippen LogP contribution in [0.2, 0.25) is 5.15 Å². The summed E-state index contributed by atoms with van der Waals surface area (Å²) in [5.74, 6) is -0.339. The molecule has 104 valence electrons. The number of phenolic OH excluding ortho intramolecular Hbond substituents is 1. The maximum Gasteiger partial charge on any atom is 0.257 e. The smallest absolute Gasteiger partial charge is 0.257 e. The van der Waals surface area contributed by atoms with Gasteiger partial charge < -0.3 is 10.4 Å². The van der Waals surface area contributed by atoms with E-state index in [1.807, 2.05) is 18.2 Å². The Morgan fingerprint density at radius 3 is 2.48 bits per heavy atom. The van der Waals surface area contributed by atoms with Crippen LogP contribution >= 0.6 is 11.6 Å². The number of carbonyl (C=O) groups excluding carboxylic acids is 1. The standard InChI is InChI=1S/C16H11ClN2O2/c17-15-11-6-2-1-5-10(11)12(9-18-15)16(21)19-13-7-3-4-8-14(13)20/h1-9,20H,(H,19,21). The Balaban J connectivity index is 2.03. The number of benzene rings is 2. The summed E-state index contributed by atoms with van der Waals surface area (Å²) < 4.78 is 0. The Bertz CT molecular complexity index is 833. The van der Waals surface area contributed by atoms with E-state index in [1.165, 1.54) is 12.3 Å². The normalized spacial score (nSPS) is 10.5. The Kier molecular flexibility index (Phi) is 3.46.